The molecule has 0 spiro atoms. The van der Waals surface area contributed by atoms with Gasteiger partial charge in [-0.15, -0.1) is 0 Å². The van der Waals surface area contributed by atoms with E-state index in [0.717, 1.165) is 22.7 Å². The summed E-state index contributed by atoms with van der Waals surface area (Å²) < 4.78 is 2.09. The molecule has 0 aliphatic rings. The Labute approximate surface area is 165 Å². The summed E-state index contributed by atoms with van der Waals surface area (Å²) in [4.78, 5) is 16.6. The summed E-state index contributed by atoms with van der Waals surface area (Å²) >= 11 is 13.3. The lowest BCUT2D eigenvalue weighted by Gasteiger charge is -2.05. The molecule has 0 unspecified atom stereocenters. The molecule has 3 aromatic rings. The van der Waals surface area contributed by atoms with E-state index in [1.807, 2.05) is 24.3 Å². The SMILES string of the molecule is CCn1c(SCC(=O)N/N=C\c2ccc(Cl)cc2Cl)nc2ccccc21. The van der Waals surface area contributed by atoms with Crippen molar-refractivity contribution >= 4 is 58.1 Å². The molecule has 5 nitrogen and oxygen atoms in total. The van der Waals surface area contributed by atoms with Gasteiger partial charge in [0.05, 0.1) is 28.0 Å². The van der Waals surface area contributed by atoms with Crippen LogP contribution in [0.5, 0.6) is 0 Å². The number of para-hydroxylation sites is 2. The maximum absolute atomic E-state index is 12.0. The van der Waals surface area contributed by atoms with E-state index in [1.165, 1.54) is 18.0 Å². The molecule has 0 aliphatic carbocycles. The molecule has 1 aromatic heterocycles. The fourth-order valence-corrected chi connectivity index (χ4v) is 3.74. The van der Waals surface area contributed by atoms with Gasteiger partial charge in [-0.1, -0.05) is 53.2 Å². The fourth-order valence-electron chi connectivity index (χ4n) is 2.41. The topological polar surface area (TPSA) is 59.3 Å². The molecule has 1 heterocycles. The molecule has 8 heteroatoms. The van der Waals surface area contributed by atoms with Crippen molar-refractivity contribution in [2.24, 2.45) is 5.10 Å². The van der Waals surface area contributed by atoms with Gasteiger partial charge in [-0.25, -0.2) is 10.4 Å². The van der Waals surface area contributed by atoms with Crippen LogP contribution >= 0.6 is 35.0 Å². The molecule has 0 bridgehead atoms. The molecule has 134 valence electrons. The number of carbonyl (C=O) groups excluding carboxylic acids is 1. The summed E-state index contributed by atoms with van der Waals surface area (Å²) in [7, 11) is 0. The van der Waals surface area contributed by atoms with Gasteiger partial charge in [0.2, 0.25) is 0 Å². The number of benzene rings is 2. The van der Waals surface area contributed by atoms with E-state index in [2.05, 4.69) is 27.0 Å². The van der Waals surface area contributed by atoms with Gasteiger partial charge in [-0.2, -0.15) is 5.10 Å². The Morgan fingerprint density at radius 2 is 2.12 bits per heavy atom. The van der Waals surface area contributed by atoms with Crippen LogP contribution in [-0.4, -0.2) is 27.4 Å². The van der Waals surface area contributed by atoms with Crippen molar-refractivity contribution in [2.75, 3.05) is 5.75 Å². The molecule has 26 heavy (non-hydrogen) atoms. The molecule has 0 fully saturated rings. The van der Waals surface area contributed by atoms with E-state index in [4.69, 9.17) is 23.2 Å². The normalized spacial score (nSPS) is 11.3. The monoisotopic (exact) mass is 406 g/mol. The van der Waals surface area contributed by atoms with Crippen molar-refractivity contribution in [3.05, 3.63) is 58.1 Å². The molecule has 0 radical (unpaired) electrons. The van der Waals surface area contributed by atoms with Crippen LogP contribution in [0.4, 0.5) is 0 Å². The Morgan fingerprint density at radius 1 is 1.31 bits per heavy atom. The highest BCUT2D eigenvalue weighted by atomic mass is 35.5. The van der Waals surface area contributed by atoms with Crippen molar-refractivity contribution in [2.45, 2.75) is 18.6 Å². The Kier molecular flexibility index (Phi) is 6.19. The quantitative estimate of drug-likeness (QED) is 0.369. The summed E-state index contributed by atoms with van der Waals surface area (Å²) in [5, 5.41) is 5.77. The number of nitrogens with one attached hydrogen (secondary N) is 1. The Hall–Kier alpha value is -2.02. The molecular weight excluding hydrogens is 391 g/mol. The van der Waals surface area contributed by atoms with Gasteiger partial charge in [-0.05, 0) is 31.2 Å². The lowest BCUT2D eigenvalue weighted by molar-refractivity contribution is -0.118. The van der Waals surface area contributed by atoms with Crippen molar-refractivity contribution in [1.29, 1.82) is 0 Å². The van der Waals surface area contributed by atoms with Crippen LogP contribution < -0.4 is 5.43 Å². The third-order valence-corrected chi connectivity index (χ3v) is 5.16. The van der Waals surface area contributed by atoms with E-state index in [-0.39, 0.29) is 11.7 Å². The number of carbonyl (C=O) groups is 1. The zero-order chi connectivity index (χ0) is 18.5. The standard InChI is InChI=1S/C18H16Cl2N4OS/c1-2-24-16-6-4-3-5-15(16)22-18(24)26-11-17(25)23-21-10-12-7-8-13(19)9-14(12)20/h3-10H,2,11H2,1H3,(H,23,25)/b21-10-. The minimum atomic E-state index is -0.217. The number of thioether (sulfide) groups is 1. The number of amides is 1. The van der Waals surface area contributed by atoms with Gasteiger partial charge < -0.3 is 4.57 Å². The zero-order valence-electron chi connectivity index (χ0n) is 13.9. The number of imidazole rings is 1. The minimum absolute atomic E-state index is 0.217. The van der Waals surface area contributed by atoms with Crippen LogP contribution in [0.1, 0.15) is 12.5 Å². The third-order valence-electron chi connectivity index (χ3n) is 3.62. The predicted molar refractivity (Wildman–Crippen MR) is 108 cm³/mol. The average molecular weight is 407 g/mol. The average Bonchev–Trinajstić information content (AvgIpc) is 2.99. The number of rotatable bonds is 6. The van der Waals surface area contributed by atoms with Gasteiger partial charge in [0.1, 0.15) is 0 Å². The van der Waals surface area contributed by atoms with E-state index in [9.17, 15) is 4.79 Å². The number of halogens is 2. The second kappa shape index (κ2) is 8.58. The molecule has 0 saturated heterocycles. The van der Waals surface area contributed by atoms with Crippen LogP contribution in [-0.2, 0) is 11.3 Å². The molecule has 2 aromatic carbocycles. The number of aryl methyl sites for hydroxylation is 1. The minimum Gasteiger partial charge on any atom is -0.319 e. The Morgan fingerprint density at radius 3 is 2.88 bits per heavy atom. The Balaban J connectivity index is 1.60. The number of nitrogens with zero attached hydrogens (tertiary/aromatic N) is 3. The highest BCUT2D eigenvalue weighted by Crippen LogP contribution is 2.23. The van der Waals surface area contributed by atoms with E-state index >= 15 is 0 Å². The summed E-state index contributed by atoms with van der Waals surface area (Å²) in [5.41, 5.74) is 5.16. The van der Waals surface area contributed by atoms with Crippen LogP contribution in [0.25, 0.3) is 11.0 Å². The third kappa shape index (κ3) is 4.38. The van der Waals surface area contributed by atoms with Crippen molar-refractivity contribution in [3.8, 4) is 0 Å². The largest absolute Gasteiger partial charge is 0.319 e. The number of fused-ring (bicyclic) bond motifs is 1. The van der Waals surface area contributed by atoms with Crippen LogP contribution in [0.15, 0.2) is 52.7 Å². The first kappa shape index (κ1) is 18.8. The molecule has 3 rings (SSSR count). The molecule has 0 atom stereocenters. The van der Waals surface area contributed by atoms with E-state index < -0.39 is 0 Å². The second-order valence-corrected chi connectivity index (χ2v) is 7.16. The van der Waals surface area contributed by atoms with Gasteiger partial charge >= 0.3 is 0 Å². The summed E-state index contributed by atoms with van der Waals surface area (Å²) in [6, 6.07) is 13.0. The van der Waals surface area contributed by atoms with Crippen LogP contribution in [0.2, 0.25) is 10.0 Å². The van der Waals surface area contributed by atoms with E-state index in [1.54, 1.807) is 18.2 Å². The van der Waals surface area contributed by atoms with Crippen molar-refractivity contribution in [3.63, 3.8) is 0 Å². The first-order chi connectivity index (χ1) is 12.6. The van der Waals surface area contributed by atoms with Gasteiger partial charge in [0.15, 0.2) is 5.16 Å². The fraction of sp³-hybridized carbons (Fsp3) is 0.167. The maximum atomic E-state index is 12.0. The van der Waals surface area contributed by atoms with E-state index in [0.29, 0.717) is 15.6 Å². The molecule has 1 N–H and O–H groups in total. The number of hydrogen-bond acceptors (Lipinski definition) is 4. The zero-order valence-corrected chi connectivity index (χ0v) is 16.3. The lowest BCUT2D eigenvalue weighted by atomic mass is 10.2. The molecule has 1 amide bonds. The highest BCUT2D eigenvalue weighted by molar-refractivity contribution is 7.99. The van der Waals surface area contributed by atoms with Crippen LogP contribution in [0, 0.1) is 0 Å². The summed E-state index contributed by atoms with van der Waals surface area (Å²) in [6.07, 6.45) is 1.49. The first-order valence-electron chi connectivity index (χ1n) is 7.93. The number of hydrogen-bond donors (Lipinski definition) is 1. The van der Waals surface area contributed by atoms with Crippen molar-refractivity contribution in [1.82, 2.24) is 15.0 Å². The summed E-state index contributed by atoms with van der Waals surface area (Å²) in [5.74, 6) is 0.000649. The van der Waals surface area contributed by atoms with Gasteiger partial charge in [0, 0.05) is 17.1 Å². The lowest BCUT2D eigenvalue weighted by Crippen LogP contribution is -2.20. The Bertz CT molecular complexity index is 971. The molecule has 0 aliphatic heterocycles. The molecule has 0 saturated carbocycles. The van der Waals surface area contributed by atoms with Crippen molar-refractivity contribution < 1.29 is 4.79 Å². The smallest absolute Gasteiger partial charge is 0.250 e. The maximum Gasteiger partial charge on any atom is 0.250 e. The number of hydrazone groups is 1. The first-order valence-corrected chi connectivity index (χ1v) is 9.67. The number of aromatic nitrogens is 2. The highest BCUT2D eigenvalue weighted by Gasteiger charge is 2.11. The summed E-state index contributed by atoms with van der Waals surface area (Å²) in [6.45, 7) is 2.84. The van der Waals surface area contributed by atoms with Gasteiger partial charge in [0.25, 0.3) is 5.91 Å². The van der Waals surface area contributed by atoms with Gasteiger partial charge in [-0.3, -0.25) is 4.79 Å². The second-order valence-electron chi connectivity index (χ2n) is 5.38. The molecular formula is C18H16Cl2N4OS. The van der Waals surface area contributed by atoms with Crippen LogP contribution in [0.3, 0.4) is 0 Å². The predicted octanol–water partition coefficient (Wildman–Crippen LogP) is 4.61.